The van der Waals surface area contributed by atoms with Gasteiger partial charge in [0.05, 0.1) is 13.2 Å². The van der Waals surface area contributed by atoms with Crippen molar-refractivity contribution < 1.29 is 28.4 Å². The number of carbonyl (C=O) groups is 1. The topological polar surface area (TPSA) is 93.1 Å². The summed E-state index contributed by atoms with van der Waals surface area (Å²) in [4.78, 5) is 27.3. The van der Waals surface area contributed by atoms with Gasteiger partial charge in [0, 0.05) is 12.5 Å². The van der Waals surface area contributed by atoms with Crippen LogP contribution in [0.5, 0.6) is 0 Å². The molecule has 0 radical (unpaired) electrons. The zero-order chi connectivity index (χ0) is 11.0. The minimum atomic E-state index is -4.40. The van der Waals surface area contributed by atoms with Gasteiger partial charge in [0.2, 0.25) is 0 Å². The standard InChI is InChI=1S/C7H13O6P.2Na.2H/c1-2-4-7(8)12-5-3-6-13-14(9,10)11;;;;/h2,4H,3,5-6H2,1H3,(H2,9,10,11);;;;. The van der Waals surface area contributed by atoms with Gasteiger partial charge in [0.15, 0.2) is 0 Å². The Morgan fingerprint density at radius 3 is 2.31 bits per heavy atom. The summed E-state index contributed by atoms with van der Waals surface area (Å²) in [5.41, 5.74) is 0. The Kier molecular flexibility index (Phi) is 18.0. The number of carbonyl (C=O) groups excluding carboxylic acids is 1. The van der Waals surface area contributed by atoms with Crippen molar-refractivity contribution in [1.29, 1.82) is 0 Å². The summed E-state index contributed by atoms with van der Waals surface area (Å²) in [7, 11) is -4.40. The van der Waals surface area contributed by atoms with E-state index in [9.17, 15) is 9.36 Å². The van der Waals surface area contributed by atoms with E-state index in [0.717, 1.165) is 0 Å². The molecular formula is C7H15Na2O6P. The number of allylic oxidation sites excluding steroid dienone is 1. The van der Waals surface area contributed by atoms with E-state index in [0.29, 0.717) is 0 Å². The quantitative estimate of drug-likeness (QED) is 0.218. The van der Waals surface area contributed by atoms with Crippen LogP contribution in [0.15, 0.2) is 12.2 Å². The Morgan fingerprint density at radius 2 is 1.88 bits per heavy atom. The molecule has 0 aliphatic carbocycles. The molecule has 0 spiro atoms. The molecule has 0 aliphatic heterocycles. The Bertz CT molecular complexity index is 251. The van der Waals surface area contributed by atoms with Gasteiger partial charge in [-0.3, -0.25) is 4.52 Å². The maximum absolute atomic E-state index is 10.7. The van der Waals surface area contributed by atoms with Gasteiger partial charge in [-0.05, 0) is 6.92 Å². The molecule has 16 heavy (non-hydrogen) atoms. The van der Waals surface area contributed by atoms with Crippen LogP contribution in [-0.2, 0) is 18.6 Å². The monoisotopic (exact) mass is 272 g/mol. The van der Waals surface area contributed by atoms with Crippen LogP contribution in [0, 0.1) is 0 Å². The third-order valence-electron chi connectivity index (χ3n) is 1.10. The summed E-state index contributed by atoms with van der Waals surface area (Å²) in [5, 5.41) is 0. The zero-order valence-electron chi connectivity index (χ0n) is 7.75. The molecule has 0 heterocycles. The van der Waals surface area contributed by atoms with Gasteiger partial charge < -0.3 is 14.5 Å². The fraction of sp³-hybridized carbons (Fsp3) is 0.571. The SMILES string of the molecule is CC=CC(=O)OCCCOP(=O)(O)O.[NaH].[NaH]. The van der Waals surface area contributed by atoms with Gasteiger partial charge in [-0.15, -0.1) is 0 Å². The summed E-state index contributed by atoms with van der Waals surface area (Å²) >= 11 is 0. The van der Waals surface area contributed by atoms with Crippen molar-refractivity contribution >= 4 is 72.9 Å². The van der Waals surface area contributed by atoms with Crippen LogP contribution in [0.4, 0.5) is 0 Å². The van der Waals surface area contributed by atoms with Crippen LogP contribution in [0.2, 0.25) is 0 Å². The predicted molar refractivity (Wildman–Crippen MR) is 62.7 cm³/mol. The molecule has 0 amide bonds. The van der Waals surface area contributed by atoms with Crippen molar-refractivity contribution in [3.05, 3.63) is 12.2 Å². The first kappa shape index (κ1) is 22.5. The molecule has 86 valence electrons. The second-order valence-electron chi connectivity index (χ2n) is 2.34. The first-order valence-corrected chi connectivity index (χ1v) is 5.48. The van der Waals surface area contributed by atoms with Crippen molar-refractivity contribution in [2.24, 2.45) is 0 Å². The fourth-order valence-electron chi connectivity index (χ4n) is 0.599. The molecule has 9 heteroatoms. The number of hydrogen-bond donors (Lipinski definition) is 2. The van der Waals surface area contributed by atoms with Gasteiger partial charge in [-0.25, -0.2) is 9.36 Å². The molecule has 0 aromatic rings. The Balaban J connectivity index is -0.000000845. The van der Waals surface area contributed by atoms with E-state index >= 15 is 0 Å². The summed E-state index contributed by atoms with van der Waals surface area (Å²) in [6.07, 6.45) is 3.03. The van der Waals surface area contributed by atoms with Gasteiger partial charge in [0.1, 0.15) is 0 Å². The van der Waals surface area contributed by atoms with Crippen molar-refractivity contribution in [2.75, 3.05) is 13.2 Å². The second-order valence-corrected chi connectivity index (χ2v) is 3.58. The molecule has 2 N–H and O–H groups in total. The first-order valence-electron chi connectivity index (χ1n) is 3.95. The van der Waals surface area contributed by atoms with Gasteiger partial charge in [-0.1, -0.05) is 6.08 Å². The molecule has 0 bridgehead atoms. The number of phosphoric ester groups is 1. The Morgan fingerprint density at radius 1 is 1.31 bits per heavy atom. The summed E-state index contributed by atoms with van der Waals surface area (Å²) in [6, 6.07) is 0. The zero-order valence-corrected chi connectivity index (χ0v) is 8.65. The van der Waals surface area contributed by atoms with Crippen molar-refractivity contribution in [3.8, 4) is 0 Å². The molecule has 0 unspecified atom stereocenters. The van der Waals surface area contributed by atoms with E-state index in [1.54, 1.807) is 6.92 Å². The van der Waals surface area contributed by atoms with E-state index < -0.39 is 13.8 Å². The Labute approximate surface area is 139 Å². The predicted octanol–water partition coefficient (Wildman–Crippen LogP) is -0.692. The third-order valence-corrected chi connectivity index (χ3v) is 1.61. The second kappa shape index (κ2) is 12.8. The summed E-state index contributed by atoms with van der Waals surface area (Å²) in [6.45, 7) is 1.61. The summed E-state index contributed by atoms with van der Waals surface area (Å²) < 4.78 is 19.0. The average Bonchev–Trinajstić information content (AvgIpc) is 2.02. The van der Waals surface area contributed by atoms with Crippen LogP contribution in [0.25, 0.3) is 0 Å². The number of rotatable bonds is 6. The molecule has 0 atom stereocenters. The van der Waals surface area contributed by atoms with Gasteiger partial charge in [-0.2, -0.15) is 0 Å². The van der Waals surface area contributed by atoms with Gasteiger partial charge in [0.25, 0.3) is 0 Å². The normalized spacial score (nSPS) is 10.4. The van der Waals surface area contributed by atoms with E-state index in [1.807, 2.05) is 0 Å². The number of esters is 1. The molecule has 0 aromatic heterocycles. The van der Waals surface area contributed by atoms with E-state index in [-0.39, 0.29) is 78.7 Å². The average molecular weight is 272 g/mol. The van der Waals surface area contributed by atoms with Crippen molar-refractivity contribution in [2.45, 2.75) is 13.3 Å². The Hall–Kier alpha value is 1.32. The number of ether oxygens (including phenoxy) is 1. The van der Waals surface area contributed by atoms with Crippen molar-refractivity contribution in [1.82, 2.24) is 0 Å². The molecule has 0 rings (SSSR count). The maximum atomic E-state index is 10.7. The van der Waals surface area contributed by atoms with Crippen LogP contribution < -0.4 is 0 Å². The molecule has 6 nitrogen and oxygen atoms in total. The number of phosphoric acid groups is 1. The molecule has 0 saturated heterocycles. The first-order chi connectivity index (χ1) is 6.45. The molecule has 0 aliphatic rings. The molecule has 0 aromatic carbocycles. The third kappa shape index (κ3) is 17.7. The molecule has 0 fully saturated rings. The summed E-state index contributed by atoms with van der Waals surface area (Å²) in [5.74, 6) is -0.483. The molecule has 0 saturated carbocycles. The van der Waals surface area contributed by atoms with Crippen LogP contribution in [-0.4, -0.2) is 88.1 Å². The van der Waals surface area contributed by atoms with E-state index in [2.05, 4.69) is 9.26 Å². The fourth-order valence-corrected chi connectivity index (χ4v) is 0.966. The van der Waals surface area contributed by atoms with Crippen molar-refractivity contribution in [3.63, 3.8) is 0 Å². The van der Waals surface area contributed by atoms with Crippen LogP contribution in [0.3, 0.4) is 0 Å². The van der Waals surface area contributed by atoms with Gasteiger partial charge >= 0.3 is 72.9 Å². The molecular weight excluding hydrogens is 257 g/mol. The minimum absolute atomic E-state index is 0. The van der Waals surface area contributed by atoms with Crippen LogP contribution >= 0.6 is 7.82 Å². The van der Waals surface area contributed by atoms with E-state index in [4.69, 9.17) is 9.79 Å². The number of hydrogen-bond acceptors (Lipinski definition) is 4. The van der Waals surface area contributed by atoms with E-state index in [1.165, 1.54) is 12.2 Å². The van der Waals surface area contributed by atoms with Crippen LogP contribution in [0.1, 0.15) is 13.3 Å².